The molecule has 0 spiro atoms. The summed E-state index contributed by atoms with van der Waals surface area (Å²) in [6.07, 6.45) is 0.318. The Morgan fingerprint density at radius 3 is 2.54 bits per heavy atom. The second-order valence-corrected chi connectivity index (χ2v) is 4.49. The highest BCUT2D eigenvalue weighted by atomic mass is 28.2. The summed E-state index contributed by atoms with van der Waals surface area (Å²) in [5, 5.41) is 1.33. The topological polar surface area (TPSA) is 9.23 Å². The van der Waals surface area contributed by atoms with Crippen LogP contribution in [0.4, 0.5) is 0 Å². The largest absolute Gasteiger partial charge is 0.409 e. The molecule has 1 nitrogen and oxygen atoms in total. The van der Waals surface area contributed by atoms with Crippen molar-refractivity contribution < 1.29 is 4.43 Å². The lowest BCUT2D eigenvalue weighted by Gasteiger charge is -2.09. The first-order valence-electron chi connectivity index (χ1n) is 4.59. The maximum atomic E-state index is 5.59. The lowest BCUT2D eigenvalue weighted by atomic mass is 10.1. The van der Waals surface area contributed by atoms with Gasteiger partial charge in [0.2, 0.25) is 0 Å². The van der Waals surface area contributed by atoms with E-state index >= 15 is 0 Å². The fraction of sp³-hybridized carbons (Fsp3) is 0.455. The first-order valence-corrected chi connectivity index (χ1v) is 5.50. The van der Waals surface area contributed by atoms with Gasteiger partial charge in [-0.25, -0.2) is 0 Å². The quantitative estimate of drug-likeness (QED) is 0.665. The van der Waals surface area contributed by atoms with Crippen molar-refractivity contribution >= 4 is 14.9 Å². The summed E-state index contributed by atoms with van der Waals surface area (Å²) in [5.74, 6) is 0. The van der Waals surface area contributed by atoms with Crippen molar-refractivity contribution in [2.24, 2.45) is 0 Å². The van der Waals surface area contributed by atoms with E-state index in [1.807, 2.05) is 0 Å². The molecule has 2 radical (unpaired) electrons. The van der Waals surface area contributed by atoms with Crippen LogP contribution in [-0.4, -0.2) is 15.9 Å². The monoisotopic (exact) mass is 192 g/mol. The smallest absolute Gasteiger partial charge is 0.269 e. The molecule has 2 heteroatoms. The number of hydrogen-bond acceptors (Lipinski definition) is 1. The first kappa shape index (κ1) is 10.5. The maximum Gasteiger partial charge on any atom is 0.269 e. The fourth-order valence-electron chi connectivity index (χ4n) is 1.04. The third-order valence-electron chi connectivity index (χ3n) is 2.01. The van der Waals surface area contributed by atoms with Gasteiger partial charge in [-0.05, 0) is 44.0 Å². The lowest BCUT2D eigenvalue weighted by Crippen LogP contribution is -2.23. The molecule has 0 saturated carbocycles. The van der Waals surface area contributed by atoms with Crippen LogP contribution in [0.2, 0.25) is 0 Å². The molecule has 0 atom stereocenters. The Hall–Kier alpha value is -0.603. The van der Waals surface area contributed by atoms with Crippen molar-refractivity contribution in [1.29, 1.82) is 0 Å². The third-order valence-corrected chi connectivity index (χ3v) is 3.36. The Labute approximate surface area is 83.1 Å². The highest BCUT2D eigenvalue weighted by Gasteiger charge is 2.03. The zero-order valence-electron chi connectivity index (χ0n) is 8.72. The first-order chi connectivity index (χ1) is 6.11. The van der Waals surface area contributed by atoms with Crippen molar-refractivity contribution in [1.82, 2.24) is 0 Å². The van der Waals surface area contributed by atoms with E-state index < -0.39 is 0 Å². The van der Waals surface area contributed by atoms with Crippen LogP contribution in [0.3, 0.4) is 0 Å². The Balaban J connectivity index is 2.71. The molecule has 1 aromatic carbocycles. The molecule has 13 heavy (non-hydrogen) atoms. The zero-order valence-corrected chi connectivity index (χ0v) is 9.72. The Morgan fingerprint density at radius 1 is 1.23 bits per heavy atom. The van der Waals surface area contributed by atoms with Crippen molar-refractivity contribution in [3.63, 3.8) is 0 Å². The molecule has 0 heterocycles. The molecule has 0 aliphatic carbocycles. The molecule has 0 bridgehead atoms. The number of aryl methyl sites for hydroxylation is 1. The van der Waals surface area contributed by atoms with E-state index in [1.54, 1.807) is 0 Å². The number of benzene rings is 1. The summed E-state index contributed by atoms with van der Waals surface area (Å²) in [7, 11) is 0.480. The maximum absolute atomic E-state index is 5.59. The Morgan fingerprint density at radius 2 is 1.92 bits per heavy atom. The van der Waals surface area contributed by atoms with E-state index in [0.29, 0.717) is 15.9 Å². The predicted molar refractivity (Wildman–Crippen MR) is 57.5 cm³/mol. The minimum Gasteiger partial charge on any atom is -0.409 e. The highest BCUT2D eigenvalue weighted by molar-refractivity contribution is 6.47. The SMILES string of the molecule is Cc1cccc([Si]OC(C)C)c1C. The van der Waals surface area contributed by atoms with Gasteiger partial charge in [-0.3, -0.25) is 0 Å². The van der Waals surface area contributed by atoms with Gasteiger partial charge in [0.15, 0.2) is 0 Å². The predicted octanol–water partition coefficient (Wildman–Crippen LogP) is 1.97. The average Bonchev–Trinajstić information content (AvgIpc) is 2.07. The van der Waals surface area contributed by atoms with Crippen molar-refractivity contribution in [2.75, 3.05) is 0 Å². The molecule has 0 aromatic heterocycles. The van der Waals surface area contributed by atoms with Crippen LogP contribution in [0.5, 0.6) is 0 Å². The van der Waals surface area contributed by atoms with Gasteiger partial charge in [-0.2, -0.15) is 0 Å². The van der Waals surface area contributed by atoms with Crippen molar-refractivity contribution in [2.45, 2.75) is 33.8 Å². The van der Waals surface area contributed by atoms with E-state index in [4.69, 9.17) is 4.43 Å². The van der Waals surface area contributed by atoms with Crippen LogP contribution in [0.1, 0.15) is 25.0 Å². The van der Waals surface area contributed by atoms with Gasteiger partial charge in [0.1, 0.15) is 0 Å². The minimum atomic E-state index is 0.318. The van der Waals surface area contributed by atoms with Crippen LogP contribution >= 0.6 is 0 Å². The van der Waals surface area contributed by atoms with E-state index in [9.17, 15) is 0 Å². The van der Waals surface area contributed by atoms with Gasteiger partial charge in [0.25, 0.3) is 9.76 Å². The standard InChI is InChI=1S/C11H16OSi/c1-8(2)12-13-11-7-5-6-9(3)10(11)4/h5-8H,1-4H3. The number of rotatable bonds is 3. The van der Waals surface area contributed by atoms with Crippen LogP contribution in [0.25, 0.3) is 0 Å². The molecule has 0 N–H and O–H groups in total. The summed E-state index contributed by atoms with van der Waals surface area (Å²) >= 11 is 0. The second kappa shape index (κ2) is 4.58. The number of hydrogen-bond donors (Lipinski definition) is 0. The Bertz CT molecular complexity index is 281. The molecule has 1 aromatic rings. The second-order valence-electron chi connectivity index (χ2n) is 3.52. The van der Waals surface area contributed by atoms with E-state index in [1.165, 1.54) is 16.3 Å². The lowest BCUT2D eigenvalue weighted by molar-refractivity contribution is 0.260. The van der Waals surface area contributed by atoms with Gasteiger partial charge in [-0.15, -0.1) is 0 Å². The molecule has 0 aliphatic rings. The molecule has 0 amide bonds. The molecule has 1 rings (SSSR count). The Kier molecular flexibility index (Phi) is 3.69. The highest BCUT2D eigenvalue weighted by Crippen LogP contribution is 2.02. The summed E-state index contributed by atoms with van der Waals surface area (Å²) in [4.78, 5) is 0. The summed E-state index contributed by atoms with van der Waals surface area (Å²) in [5.41, 5.74) is 2.71. The van der Waals surface area contributed by atoms with E-state index in [2.05, 4.69) is 45.9 Å². The molecular formula is C11H16OSi. The molecule has 70 valence electrons. The van der Waals surface area contributed by atoms with Crippen LogP contribution in [0.15, 0.2) is 18.2 Å². The molecule has 0 saturated heterocycles. The van der Waals surface area contributed by atoms with Gasteiger partial charge < -0.3 is 4.43 Å². The van der Waals surface area contributed by atoms with Crippen LogP contribution in [0, 0.1) is 13.8 Å². The average molecular weight is 192 g/mol. The summed E-state index contributed by atoms with van der Waals surface area (Å²) in [6, 6.07) is 6.37. The zero-order chi connectivity index (χ0) is 9.84. The third kappa shape index (κ3) is 2.97. The molecule has 0 unspecified atom stereocenters. The van der Waals surface area contributed by atoms with E-state index in [0.717, 1.165) is 0 Å². The fourth-order valence-corrected chi connectivity index (χ4v) is 1.92. The van der Waals surface area contributed by atoms with Crippen LogP contribution < -0.4 is 5.19 Å². The summed E-state index contributed by atoms with van der Waals surface area (Å²) < 4.78 is 5.59. The van der Waals surface area contributed by atoms with Crippen molar-refractivity contribution in [3.05, 3.63) is 29.3 Å². The van der Waals surface area contributed by atoms with Gasteiger partial charge >= 0.3 is 0 Å². The summed E-state index contributed by atoms with van der Waals surface area (Å²) in [6.45, 7) is 8.43. The van der Waals surface area contributed by atoms with Crippen LogP contribution in [-0.2, 0) is 4.43 Å². The molecule has 0 fully saturated rings. The molecule has 0 aliphatic heterocycles. The van der Waals surface area contributed by atoms with Gasteiger partial charge in [0, 0.05) is 6.10 Å². The minimum absolute atomic E-state index is 0.318. The van der Waals surface area contributed by atoms with Gasteiger partial charge in [0.05, 0.1) is 0 Å². The molecular weight excluding hydrogens is 176 g/mol. The van der Waals surface area contributed by atoms with Crippen molar-refractivity contribution in [3.8, 4) is 0 Å². The normalized spacial score (nSPS) is 10.8. The van der Waals surface area contributed by atoms with E-state index in [-0.39, 0.29) is 0 Å². The van der Waals surface area contributed by atoms with Gasteiger partial charge in [-0.1, -0.05) is 18.2 Å².